The highest BCUT2D eigenvalue weighted by Crippen LogP contribution is 2.35. The first-order valence-electron chi connectivity index (χ1n) is 5.03. The van der Waals surface area contributed by atoms with Crippen molar-refractivity contribution in [3.05, 3.63) is 0 Å². The first kappa shape index (κ1) is 8.97. The van der Waals surface area contributed by atoms with Gasteiger partial charge in [0.1, 0.15) is 0 Å². The lowest BCUT2D eigenvalue weighted by molar-refractivity contribution is -0.124. The van der Waals surface area contributed by atoms with Gasteiger partial charge in [-0.2, -0.15) is 0 Å². The number of piperazine rings is 1. The van der Waals surface area contributed by atoms with Gasteiger partial charge >= 0.3 is 0 Å². The Morgan fingerprint density at radius 2 is 2.00 bits per heavy atom. The summed E-state index contributed by atoms with van der Waals surface area (Å²) in [4.78, 5) is 13.5. The van der Waals surface area contributed by atoms with E-state index in [-0.39, 0.29) is 11.9 Å². The Hall–Kier alpha value is -0.610. The molecule has 1 aliphatic carbocycles. The van der Waals surface area contributed by atoms with Crippen molar-refractivity contribution in [1.82, 2.24) is 10.2 Å². The van der Waals surface area contributed by atoms with Crippen molar-refractivity contribution in [1.29, 1.82) is 0 Å². The molecular weight excluding hydrogens is 166 g/mol. The van der Waals surface area contributed by atoms with Crippen LogP contribution in [0, 0.1) is 5.92 Å². The maximum atomic E-state index is 11.2. The molecule has 1 amide bonds. The van der Waals surface area contributed by atoms with E-state index < -0.39 is 0 Å². The van der Waals surface area contributed by atoms with Crippen LogP contribution in [0.25, 0.3) is 0 Å². The van der Waals surface area contributed by atoms with Crippen molar-refractivity contribution in [2.75, 3.05) is 26.2 Å². The molecule has 3 N–H and O–H groups in total. The molecule has 1 atom stereocenters. The molecule has 1 saturated carbocycles. The van der Waals surface area contributed by atoms with E-state index in [4.69, 9.17) is 5.73 Å². The average Bonchev–Trinajstić information content (AvgIpc) is 2.90. The molecule has 13 heavy (non-hydrogen) atoms. The van der Waals surface area contributed by atoms with E-state index >= 15 is 0 Å². The van der Waals surface area contributed by atoms with E-state index in [1.807, 2.05) is 0 Å². The number of carbonyl (C=O) groups excluding carboxylic acids is 1. The van der Waals surface area contributed by atoms with E-state index in [0.717, 1.165) is 26.2 Å². The second kappa shape index (κ2) is 3.64. The molecule has 1 saturated heterocycles. The largest absolute Gasteiger partial charge is 0.368 e. The van der Waals surface area contributed by atoms with Crippen LogP contribution < -0.4 is 11.1 Å². The fraction of sp³-hybridized carbons (Fsp3) is 0.889. The number of hydrogen-bond acceptors (Lipinski definition) is 3. The maximum absolute atomic E-state index is 11.2. The molecule has 2 aliphatic rings. The van der Waals surface area contributed by atoms with Crippen molar-refractivity contribution in [3.8, 4) is 0 Å². The highest BCUT2D eigenvalue weighted by Gasteiger charge is 2.39. The average molecular weight is 183 g/mol. The summed E-state index contributed by atoms with van der Waals surface area (Å²) in [6.07, 6.45) is 2.36. The summed E-state index contributed by atoms with van der Waals surface area (Å²) < 4.78 is 0. The fourth-order valence-electron chi connectivity index (χ4n) is 2.08. The molecule has 1 heterocycles. The van der Waals surface area contributed by atoms with Crippen molar-refractivity contribution in [3.63, 3.8) is 0 Å². The summed E-state index contributed by atoms with van der Waals surface area (Å²) >= 11 is 0. The van der Waals surface area contributed by atoms with Crippen molar-refractivity contribution < 1.29 is 4.79 Å². The molecule has 0 aromatic carbocycles. The molecule has 4 heteroatoms. The van der Waals surface area contributed by atoms with Gasteiger partial charge in [-0.1, -0.05) is 0 Å². The van der Waals surface area contributed by atoms with Gasteiger partial charge in [0, 0.05) is 26.2 Å². The number of carbonyl (C=O) groups is 1. The lowest BCUT2D eigenvalue weighted by Gasteiger charge is -2.33. The van der Waals surface area contributed by atoms with Gasteiger partial charge in [-0.3, -0.25) is 9.69 Å². The van der Waals surface area contributed by atoms with Crippen LogP contribution in [-0.2, 0) is 4.79 Å². The zero-order valence-electron chi connectivity index (χ0n) is 7.83. The van der Waals surface area contributed by atoms with Gasteiger partial charge in [0.15, 0.2) is 0 Å². The van der Waals surface area contributed by atoms with E-state index in [2.05, 4.69) is 10.2 Å². The second-order valence-corrected chi connectivity index (χ2v) is 3.97. The molecule has 2 rings (SSSR count). The van der Waals surface area contributed by atoms with Crippen molar-refractivity contribution in [2.24, 2.45) is 11.7 Å². The number of nitrogens with one attached hydrogen (secondary N) is 1. The van der Waals surface area contributed by atoms with Crippen LogP contribution in [0.1, 0.15) is 12.8 Å². The van der Waals surface area contributed by atoms with Gasteiger partial charge in [0.2, 0.25) is 5.91 Å². The van der Waals surface area contributed by atoms with Crippen LogP contribution in [0.5, 0.6) is 0 Å². The van der Waals surface area contributed by atoms with E-state index in [1.165, 1.54) is 12.8 Å². The van der Waals surface area contributed by atoms with Gasteiger partial charge in [-0.25, -0.2) is 0 Å². The summed E-state index contributed by atoms with van der Waals surface area (Å²) in [6, 6.07) is 0.0158. The zero-order valence-corrected chi connectivity index (χ0v) is 7.83. The Balaban J connectivity index is 1.96. The molecule has 2 fully saturated rings. The van der Waals surface area contributed by atoms with E-state index in [0.29, 0.717) is 5.92 Å². The van der Waals surface area contributed by atoms with Crippen LogP contribution in [-0.4, -0.2) is 43.0 Å². The molecule has 4 nitrogen and oxygen atoms in total. The van der Waals surface area contributed by atoms with Gasteiger partial charge in [0.05, 0.1) is 6.04 Å². The molecular formula is C9H17N3O. The number of amides is 1. The molecule has 1 aliphatic heterocycles. The van der Waals surface area contributed by atoms with Crippen LogP contribution in [0.4, 0.5) is 0 Å². The van der Waals surface area contributed by atoms with Crippen LogP contribution >= 0.6 is 0 Å². The molecule has 0 aromatic heterocycles. The van der Waals surface area contributed by atoms with Gasteiger partial charge < -0.3 is 11.1 Å². The first-order valence-corrected chi connectivity index (χ1v) is 5.03. The Kier molecular flexibility index (Phi) is 2.51. The van der Waals surface area contributed by atoms with Gasteiger partial charge in [-0.05, 0) is 18.8 Å². The Morgan fingerprint density at radius 1 is 1.38 bits per heavy atom. The summed E-state index contributed by atoms with van der Waals surface area (Å²) in [5.41, 5.74) is 5.41. The van der Waals surface area contributed by atoms with E-state index in [9.17, 15) is 4.79 Å². The third-order valence-corrected chi connectivity index (χ3v) is 2.91. The number of nitrogens with zero attached hydrogens (tertiary/aromatic N) is 1. The Morgan fingerprint density at radius 3 is 2.46 bits per heavy atom. The minimum absolute atomic E-state index is 0.0158. The van der Waals surface area contributed by atoms with Crippen LogP contribution in [0.3, 0.4) is 0 Å². The van der Waals surface area contributed by atoms with Gasteiger partial charge in [0.25, 0.3) is 0 Å². The zero-order chi connectivity index (χ0) is 9.26. The minimum Gasteiger partial charge on any atom is -0.368 e. The van der Waals surface area contributed by atoms with Gasteiger partial charge in [-0.15, -0.1) is 0 Å². The molecule has 0 spiro atoms. The molecule has 74 valence electrons. The normalized spacial score (nSPS) is 27.1. The fourth-order valence-corrected chi connectivity index (χ4v) is 2.08. The van der Waals surface area contributed by atoms with Crippen molar-refractivity contribution in [2.45, 2.75) is 18.9 Å². The monoisotopic (exact) mass is 183 g/mol. The third-order valence-electron chi connectivity index (χ3n) is 2.91. The summed E-state index contributed by atoms with van der Waals surface area (Å²) in [5.74, 6) is 0.417. The topological polar surface area (TPSA) is 58.4 Å². The number of hydrogen-bond donors (Lipinski definition) is 2. The standard InChI is InChI=1S/C9H17N3O/c10-9(13)8(7-1-2-7)12-5-3-11-4-6-12/h7-8,11H,1-6H2,(H2,10,13). The lowest BCUT2D eigenvalue weighted by Crippen LogP contribution is -2.53. The summed E-state index contributed by atoms with van der Waals surface area (Å²) in [7, 11) is 0. The minimum atomic E-state index is -0.135. The van der Waals surface area contributed by atoms with Crippen LogP contribution in [0.15, 0.2) is 0 Å². The predicted molar refractivity (Wildman–Crippen MR) is 50.1 cm³/mol. The number of rotatable bonds is 3. The van der Waals surface area contributed by atoms with Crippen molar-refractivity contribution >= 4 is 5.91 Å². The molecule has 0 bridgehead atoms. The quantitative estimate of drug-likeness (QED) is 0.599. The smallest absolute Gasteiger partial charge is 0.235 e. The highest BCUT2D eigenvalue weighted by molar-refractivity contribution is 5.80. The maximum Gasteiger partial charge on any atom is 0.235 e. The third kappa shape index (κ3) is 2.00. The van der Waals surface area contributed by atoms with E-state index in [1.54, 1.807) is 0 Å². The summed E-state index contributed by atoms with van der Waals surface area (Å²) in [5, 5.41) is 3.27. The SMILES string of the molecule is NC(=O)C(C1CC1)N1CCNCC1. The first-order chi connectivity index (χ1) is 6.29. The predicted octanol–water partition coefficient (Wildman–Crippen LogP) is -0.844. The van der Waals surface area contributed by atoms with Crippen LogP contribution in [0.2, 0.25) is 0 Å². The number of nitrogens with two attached hydrogens (primary N) is 1. The lowest BCUT2D eigenvalue weighted by atomic mass is 10.1. The molecule has 1 unspecified atom stereocenters. The molecule has 0 radical (unpaired) electrons. The molecule has 0 aromatic rings. The number of primary amides is 1. The Bertz CT molecular complexity index is 197. The highest BCUT2D eigenvalue weighted by atomic mass is 16.1. The Labute approximate surface area is 78.5 Å². The second-order valence-electron chi connectivity index (χ2n) is 3.97. The summed E-state index contributed by atoms with van der Waals surface area (Å²) in [6.45, 7) is 3.89.